The van der Waals surface area contributed by atoms with Gasteiger partial charge in [-0.05, 0) is 13.8 Å². The van der Waals surface area contributed by atoms with Crippen molar-refractivity contribution in [3.8, 4) is 0 Å². The van der Waals surface area contributed by atoms with Crippen LogP contribution >= 0.6 is 0 Å². The Balaban J connectivity index is 2.69. The first kappa shape index (κ1) is 8.93. The summed E-state index contributed by atoms with van der Waals surface area (Å²) >= 11 is 0. The predicted molar refractivity (Wildman–Crippen MR) is 38.1 cm³/mol. The summed E-state index contributed by atoms with van der Waals surface area (Å²) in [5.41, 5.74) is -0.757. The molecule has 4 nitrogen and oxygen atoms in total. The summed E-state index contributed by atoms with van der Waals surface area (Å²) in [6, 6.07) is 0. The lowest BCUT2D eigenvalue weighted by Crippen LogP contribution is -2.38. The number of rotatable bonds is 1. The monoisotopic (exact) mass is 162 g/mol. The molecule has 0 spiro atoms. The highest BCUT2D eigenvalue weighted by Crippen LogP contribution is 2.29. The average molecular weight is 162 g/mol. The zero-order valence-electron chi connectivity index (χ0n) is 6.69. The van der Waals surface area contributed by atoms with Crippen molar-refractivity contribution in [3.63, 3.8) is 0 Å². The fraction of sp³-hybridized carbons (Fsp3) is 1.00. The van der Waals surface area contributed by atoms with E-state index < -0.39 is 23.9 Å². The van der Waals surface area contributed by atoms with Crippen LogP contribution in [0.25, 0.3) is 0 Å². The van der Waals surface area contributed by atoms with Gasteiger partial charge in [0.2, 0.25) is 0 Å². The molecule has 4 heteroatoms. The summed E-state index contributed by atoms with van der Waals surface area (Å²) < 4.78 is 5.17. The largest absolute Gasteiger partial charge is 0.394 e. The van der Waals surface area contributed by atoms with Crippen molar-refractivity contribution in [2.24, 2.45) is 0 Å². The van der Waals surface area contributed by atoms with Crippen LogP contribution in [0.2, 0.25) is 0 Å². The lowest BCUT2D eigenvalue weighted by atomic mass is 9.99. The second kappa shape index (κ2) is 2.71. The van der Waals surface area contributed by atoms with Crippen LogP contribution in [0.15, 0.2) is 0 Å². The van der Waals surface area contributed by atoms with E-state index in [1.165, 1.54) is 0 Å². The number of aliphatic hydroxyl groups excluding tert-OH is 3. The molecule has 1 rings (SSSR count). The van der Waals surface area contributed by atoms with Crippen molar-refractivity contribution in [1.82, 2.24) is 0 Å². The number of ether oxygens (including phenoxy) is 1. The molecule has 0 unspecified atom stereocenters. The van der Waals surface area contributed by atoms with Crippen molar-refractivity contribution in [1.29, 1.82) is 0 Å². The van der Waals surface area contributed by atoms with Crippen LogP contribution in [-0.2, 0) is 4.74 Å². The van der Waals surface area contributed by atoms with Crippen LogP contribution in [0.5, 0.6) is 0 Å². The van der Waals surface area contributed by atoms with Gasteiger partial charge in [0.05, 0.1) is 12.2 Å². The Hall–Kier alpha value is -0.160. The van der Waals surface area contributed by atoms with Gasteiger partial charge in [-0.15, -0.1) is 0 Å². The van der Waals surface area contributed by atoms with E-state index in [2.05, 4.69) is 0 Å². The predicted octanol–water partition coefficient (Wildman–Crippen LogP) is -1.12. The third kappa shape index (κ3) is 1.39. The molecule has 1 aliphatic rings. The molecule has 1 heterocycles. The molecule has 1 saturated heterocycles. The Kier molecular flexibility index (Phi) is 2.20. The second-order valence-electron chi connectivity index (χ2n) is 3.38. The third-order valence-electron chi connectivity index (χ3n) is 2.05. The summed E-state index contributed by atoms with van der Waals surface area (Å²) in [5, 5.41) is 27.3. The van der Waals surface area contributed by atoms with E-state index in [0.29, 0.717) is 0 Å². The highest BCUT2D eigenvalue weighted by atomic mass is 16.6. The number of hydrogen-bond acceptors (Lipinski definition) is 4. The lowest BCUT2D eigenvalue weighted by molar-refractivity contribution is -0.0689. The molecule has 1 aliphatic heterocycles. The molecule has 11 heavy (non-hydrogen) atoms. The van der Waals surface area contributed by atoms with Crippen LogP contribution < -0.4 is 0 Å². The van der Waals surface area contributed by atoms with Crippen LogP contribution in [0.3, 0.4) is 0 Å². The van der Waals surface area contributed by atoms with Crippen molar-refractivity contribution in [3.05, 3.63) is 0 Å². The van der Waals surface area contributed by atoms with Crippen molar-refractivity contribution < 1.29 is 20.1 Å². The van der Waals surface area contributed by atoms with Crippen LogP contribution in [0.4, 0.5) is 0 Å². The van der Waals surface area contributed by atoms with E-state index in [1.54, 1.807) is 13.8 Å². The molecule has 0 bridgehead atoms. The van der Waals surface area contributed by atoms with Crippen molar-refractivity contribution in [2.45, 2.75) is 37.8 Å². The first-order chi connectivity index (χ1) is 4.99. The maximum absolute atomic E-state index is 9.34. The Morgan fingerprint density at radius 3 is 2.09 bits per heavy atom. The molecule has 0 aliphatic carbocycles. The van der Waals surface area contributed by atoms with Gasteiger partial charge in [-0.1, -0.05) is 0 Å². The summed E-state index contributed by atoms with van der Waals surface area (Å²) in [6.07, 6.45) is -2.55. The van der Waals surface area contributed by atoms with Gasteiger partial charge in [0.15, 0.2) is 0 Å². The second-order valence-corrected chi connectivity index (χ2v) is 3.38. The lowest BCUT2D eigenvalue weighted by Gasteiger charge is -2.21. The quantitative estimate of drug-likeness (QED) is 0.456. The summed E-state index contributed by atoms with van der Waals surface area (Å²) in [6.45, 7) is 3.09. The minimum atomic E-state index is -0.977. The molecule has 1 fully saturated rings. The first-order valence-electron chi connectivity index (χ1n) is 3.64. The van der Waals surface area contributed by atoms with Gasteiger partial charge in [-0.3, -0.25) is 0 Å². The molecular weight excluding hydrogens is 148 g/mol. The molecule has 0 aromatic carbocycles. The van der Waals surface area contributed by atoms with E-state index in [-0.39, 0.29) is 6.61 Å². The van der Waals surface area contributed by atoms with Crippen LogP contribution in [0.1, 0.15) is 13.8 Å². The van der Waals surface area contributed by atoms with Gasteiger partial charge in [-0.25, -0.2) is 0 Å². The Morgan fingerprint density at radius 2 is 1.91 bits per heavy atom. The van der Waals surface area contributed by atoms with E-state index >= 15 is 0 Å². The Bertz CT molecular complexity index is 145. The van der Waals surface area contributed by atoms with E-state index in [4.69, 9.17) is 9.84 Å². The highest BCUT2D eigenvalue weighted by Gasteiger charge is 2.47. The molecule has 0 saturated carbocycles. The third-order valence-corrected chi connectivity index (χ3v) is 2.05. The molecule has 3 N–H and O–H groups in total. The maximum atomic E-state index is 9.34. The van der Waals surface area contributed by atoms with E-state index in [0.717, 1.165) is 0 Å². The van der Waals surface area contributed by atoms with Crippen molar-refractivity contribution >= 4 is 0 Å². The average Bonchev–Trinajstić information content (AvgIpc) is 2.13. The van der Waals surface area contributed by atoms with Gasteiger partial charge in [0.1, 0.15) is 18.3 Å². The number of aliphatic hydroxyl groups is 3. The maximum Gasteiger partial charge on any atom is 0.111 e. The number of hydrogen-bond donors (Lipinski definition) is 3. The van der Waals surface area contributed by atoms with Crippen molar-refractivity contribution in [2.75, 3.05) is 6.61 Å². The van der Waals surface area contributed by atoms with E-state index in [1.807, 2.05) is 0 Å². The summed E-state index contributed by atoms with van der Waals surface area (Å²) in [5.74, 6) is 0. The molecule has 0 radical (unpaired) electrons. The fourth-order valence-corrected chi connectivity index (χ4v) is 1.29. The highest BCUT2D eigenvalue weighted by molar-refractivity contribution is 4.96. The SMILES string of the molecule is CC1(C)O[C@H](CO)[C@@H](O)[C@H]1O. The molecule has 66 valence electrons. The van der Waals surface area contributed by atoms with Gasteiger partial charge < -0.3 is 20.1 Å². The zero-order chi connectivity index (χ0) is 8.65. The zero-order valence-corrected chi connectivity index (χ0v) is 6.69. The summed E-state index contributed by atoms with van der Waals surface area (Å²) in [4.78, 5) is 0. The molecule has 0 aromatic heterocycles. The minimum absolute atomic E-state index is 0.262. The van der Waals surface area contributed by atoms with Gasteiger partial charge in [0, 0.05) is 0 Å². The smallest absolute Gasteiger partial charge is 0.111 e. The minimum Gasteiger partial charge on any atom is -0.394 e. The molecule has 0 aromatic rings. The van der Waals surface area contributed by atoms with Gasteiger partial charge in [0.25, 0.3) is 0 Å². The fourth-order valence-electron chi connectivity index (χ4n) is 1.29. The first-order valence-corrected chi connectivity index (χ1v) is 3.64. The van der Waals surface area contributed by atoms with E-state index in [9.17, 15) is 10.2 Å². The normalized spacial score (nSPS) is 42.8. The molecule has 3 atom stereocenters. The van der Waals surface area contributed by atoms with Crippen LogP contribution in [0, 0.1) is 0 Å². The van der Waals surface area contributed by atoms with Crippen LogP contribution in [-0.4, -0.2) is 45.8 Å². The summed E-state index contributed by atoms with van der Waals surface area (Å²) in [7, 11) is 0. The Labute approximate surface area is 65.4 Å². The molecular formula is C7H14O4. The van der Waals surface area contributed by atoms with Gasteiger partial charge in [-0.2, -0.15) is 0 Å². The topological polar surface area (TPSA) is 69.9 Å². The van der Waals surface area contributed by atoms with Gasteiger partial charge >= 0.3 is 0 Å². The molecule has 0 amide bonds. The Morgan fingerprint density at radius 1 is 1.36 bits per heavy atom. The standard InChI is InChI=1S/C7H14O4/c1-7(2)6(10)5(9)4(3-8)11-7/h4-6,8-10H,3H2,1-2H3/t4-,5-,6-/m1/s1.